The van der Waals surface area contributed by atoms with E-state index in [1.807, 2.05) is 4.98 Å². The van der Waals surface area contributed by atoms with Gasteiger partial charge in [-0.3, -0.25) is 14.3 Å². The van der Waals surface area contributed by atoms with E-state index < -0.39 is 35.8 Å². The third-order valence-electron chi connectivity index (χ3n) is 3.05. The molecule has 1 aliphatic heterocycles. The van der Waals surface area contributed by atoms with Crippen LogP contribution in [-0.4, -0.2) is 50.3 Å². The first-order valence-corrected chi connectivity index (χ1v) is 5.36. The van der Waals surface area contributed by atoms with Crippen molar-refractivity contribution >= 4 is 0 Å². The minimum atomic E-state index is -2.00. The second-order valence-corrected chi connectivity index (χ2v) is 4.30. The van der Waals surface area contributed by atoms with E-state index >= 15 is 0 Å². The fourth-order valence-corrected chi connectivity index (χ4v) is 1.92. The predicted molar refractivity (Wildman–Crippen MR) is 59.1 cm³/mol. The van der Waals surface area contributed by atoms with Crippen molar-refractivity contribution in [2.75, 3.05) is 13.2 Å². The fourth-order valence-electron chi connectivity index (χ4n) is 1.92. The van der Waals surface area contributed by atoms with Gasteiger partial charge in [0.05, 0.1) is 13.2 Å². The number of aliphatic hydroxyl groups excluding tert-OH is 2. The zero-order chi connectivity index (χ0) is 13.5. The van der Waals surface area contributed by atoms with Gasteiger partial charge in [0, 0.05) is 11.8 Å². The Hall–Kier alpha value is -1.48. The molecule has 0 amide bonds. The van der Waals surface area contributed by atoms with Crippen LogP contribution in [0.1, 0.15) is 5.56 Å². The number of hydrogen-bond donors (Lipinski definition) is 4. The van der Waals surface area contributed by atoms with E-state index in [4.69, 9.17) is 9.84 Å². The minimum absolute atomic E-state index is 0.211. The molecule has 1 saturated heterocycles. The van der Waals surface area contributed by atoms with E-state index in [0.717, 1.165) is 10.8 Å². The molecule has 2 heterocycles. The SMILES string of the molecule is Cc1cn([C@]2(O)CO[C@H](CO)[C@H]2O)c(=O)[nH]c1=O. The number of aryl methyl sites for hydroxylation is 1. The van der Waals surface area contributed by atoms with E-state index in [1.54, 1.807) is 0 Å². The molecule has 8 heteroatoms. The summed E-state index contributed by atoms with van der Waals surface area (Å²) in [5, 5.41) is 29.1. The fraction of sp³-hybridized carbons (Fsp3) is 0.600. The molecule has 18 heavy (non-hydrogen) atoms. The molecule has 0 saturated carbocycles. The number of nitrogens with one attached hydrogen (secondary N) is 1. The van der Waals surface area contributed by atoms with Crippen LogP contribution in [0.2, 0.25) is 0 Å². The molecular weight excluding hydrogens is 244 g/mol. The van der Waals surface area contributed by atoms with Gasteiger partial charge in [-0.1, -0.05) is 0 Å². The molecule has 1 fully saturated rings. The van der Waals surface area contributed by atoms with Gasteiger partial charge in [0.1, 0.15) is 12.2 Å². The second-order valence-electron chi connectivity index (χ2n) is 4.30. The van der Waals surface area contributed by atoms with Crippen molar-refractivity contribution in [3.05, 3.63) is 32.6 Å². The number of aromatic nitrogens is 2. The van der Waals surface area contributed by atoms with Crippen molar-refractivity contribution in [2.45, 2.75) is 24.9 Å². The number of aromatic amines is 1. The van der Waals surface area contributed by atoms with Gasteiger partial charge in [0.25, 0.3) is 5.56 Å². The third kappa shape index (κ3) is 1.79. The Morgan fingerprint density at radius 2 is 2.28 bits per heavy atom. The van der Waals surface area contributed by atoms with E-state index in [0.29, 0.717) is 0 Å². The molecule has 2 rings (SSSR count). The number of rotatable bonds is 2. The Labute approximate surface area is 101 Å². The van der Waals surface area contributed by atoms with Crippen molar-refractivity contribution in [3.8, 4) is 0 Å². The first kappa shape index (κ1) is 13.0. The smallest absolute Gasteiger partial charge is 0.330 e. The molecule has 0 aromatic carbocycles. The topological polar surface area (TPSA) is 125 Å². The van der Waals surface area contributed by atoms with Gasteiger partial charge >= 0.3 is 5.69 Å². The zero-order valence-corrected chi connectivity index (χ0v) is 9.66. The minimum Gasteiger partial charge on any atom is -0.394 e. The van der Waals surface area contributed by atoms with Crippen molar-refractivity contribution < 1.29 is 20.1 Å². The Bertz CT molecular complexity index is 564. The largest absolute Gasteiger partial charge is 0.394 e. The Morgan fingerprint density at radius 3 is 2.83 bits per heavy atom. The Balaban J connectivity index is 2.52. The summed E-state index contributed by atoms with van der Waals surface area (Å²) in [4.78, 5) is 24.9. The average molecular weight is 258 g/mol. The van der Waals surface area contributed by atoms with Crippen molar-refractivity contribution in [3.63, 3.8) is 0 Å². The quantitative estimate of drug-likeness (QED) is 0.455. The lowest BCUT2D eigenvalue weighted by molar-refractivity contribution is -0.115. The van der Waals surface area contributed by atoms with Gasteiger partial charge in [-0.15, -0.1) is 0 Å². The van der Waals surface area contributed by atoms with Crippen LogP contribution >= 0.6 is 0 Å². The van der Waals surface area contributed by atoms with Gasteiger partial charge in [0.2, 0.25) is 0 Å². The normalized spacial score (nSPS) is 31.8. The van der Waals surface area contributed by atoms with Crippen LogP contribution in [0.25, 0.3) is 0 Å². The molecule has 0 unspecified atom stereocenters. The first-order valence-electron chi connectivity index (χ1n) is 5.36. The summed E-state index contributed by atoms with van der Waals surface area (Å²) in [5.41, 5.74) is -3.21. The van der Waals surface area contributed by atoms with E-state index in [-0.39, 0.29) is 12.2 Å². The van der Waals surface area contributed by atoms with Gasteiger partial charge in [-0.05, 0) is 6.92 Å². The number of nitrogens with zero attached hydrogens (tertiary/aromatic N) is 1. The molecule has 1 aromatic heterocycles. The van der Waals surface area contributed by atoms with Crippen LogP contribution in [0.4, 0.5) is 0 Å². The number of hydrogen-bond acceptors (Lipinski definition) is 6. The molecule has 4 N–H and O–H groups in total. The molecule has 0 aliphatic carbocycles. The summed E-state index contributed by atoms with van der Waals surface area (Å²) >= 11 is 0. The van der Waals surface area contributed by atoms with E-state index in [1.165, 1.54) is 6.92 Å². The van der Waals surface area contributed by atoms with Crippen molar-refractivity contribution in [1.29, 1.82) is 0 Å². The maximum absolute atomic E-state index is 11.6. The van der Waals surface area contributed by atoms with E-state index in [9.17, 15) is 19.8 Å². The average Bonchev–Trinajstić information content (AvgIpc) is 2.61. The molecule has 100 valence electrons. The molecule has 0 bridgehead atoms. The number of ether oxygens (including phenoxy) is 1. The lowest BCUT2D eigenvalue weighted by Crippen LogP contribution is -2.52. The third-order valence-corrected chi connectivity index (χ3v) is 3.05. The van der Waals surface area contributed by atoms with Gasteiger partial charge in [-0.2, -0.15) is 0 Å². The maximum Gasteiger partial charge on any atom is 0.330 e. The summed E-state index contributed by atoms with van der Waals surface area (Å²) in [6.07, 6.45) is -1.30. The van der Waals surface area contributed by atoms with Crippen LogP contribution in [0, 0.1) is 6.92 Å². The summed E-state index contributed by atoms with van der Waals surface area (Å²) < 4.78 is 5.82. The maximum atomic E-state index is 11.6. The summed E-state index contributed by atoms with van der Waals surface area (Å²) in [6.45, 7) is 0.620. The molecule has 8 nitrogen and oxygen atoms in total. The lowest BCUT2D eigenvalue weighted by Gasteiger charge is -2.27. The van der Waals surface area contributed by atoms with E-state index in [2.05, 4.69) is 0 Å². The highest BCUT2D eigenvalue weighted by Gasteiger charge is 2.50. The van der Waals surface area contributed by atoms with Crippen LogP contribution in [0.15, 0.2) is 15.8 Å². The van der Waals surface area contributed by atoms with Gasteiger partial charge in [0.15, 0.2) is 5.72 Å². The molecular formula is C10H14N2O6. The summed E-state index contributed by atoms with van der Waals surface area (Å²) in [7, 11) is 0. The molecule has 1 aromatic rings. The standard InChI is InChI=1S/C10H14N2O6/c1-5-2-12(9(16)11-8(5)15)10(17)4-18-6(3-13)7(10)14/h2,6-7,13-14,17H,3-4H2,1H3,(H,11,15,16)/t6-,7-,10+/m1/s1. The van der Waals surface area contributed by atoms with Gasteiger partial charge < -0.3 is 20.1 Å². The molecule has 0 radical (unpaired) electrons. The van der Waals surface area contributed by atoms with Crippen molar-refractivity contribution in [2.24, 2.45) is 0 Å². The molecule has 3 atom stereocenters. The van der Waals surface area contributed by atoms with Crippen LogP contribution < -0.4 is 11.2 Å². The van der Waals surface area contributed by atoms with Crippen molar-refractivity contribution in [1.82, 2.24) is 9.55 Å². The number of aliphatic hydroxyl groups is 3. The predicted octanol–water partition coefficient (Wildman–Crippen LogP) is -2.76. The summed E-state index contributed by atoms with van der Waals surface area (Å²) in [5.74, 6) is 0. The first-order chi connectivity index (χ1) is 8.40. The Kier molecular flexibility index (Phi) is 3.11. The lowest BCUT2D eigenvalue weighted by atomic mass is 10.1. The number of H-pyrrole nitrogens is 1. The highest BCUT2D eigenvalue weighted by atomic mass is 16.5. The highest BCUT2D eigenvalue weighted by Crippen LogP contribution is 2.27. The Morgan fingerprint density at radius 1 is 1.61 bits per heavy atom. The monoisotopic (exact) mass is 258 g/mol. The highest BCUT2D eigenvalue weighted by molar-refractivity contribution is 5.05. The second kappa shape index (κ2) is 4.32. The zero-order valence-electron chi connectivity index (χ0n) is 9.66. The van der Waals surface area contributed by atoms with Gasteiger partial charge in [-0.25, -0.2) is 4.79 Å². The van der Waals surface area contributed by atoms with Crippen LogP contribution in [0.5, 0.6) is 0 Å². The van der Waals surface area contributed by atoms with Crippen LogP contribution in [0.3, 0.4) is 0 Å². The summed E-state index contributed by atoms with van der Waals surface area (Å²) in [6, 6.07) is 0. The van der Waals surface area contributed by atoms with Crippen LogP contribution in [-0.2, 0) is 10.5 Å². The molecule has 1 aliphatic rings. The molecule has 0 spiro atoms.